The molecule has 0 radical (unpaired) electrons. The molecule has 1 aromatic carbocycles. The molecule has 0 heterocycles. The molecule has 20 heavy (non-hydrogen) atoms. The molecular formula is C13H17BrFN3O2. The van der Waals surface area contributed by atoms with Gasteiger partial charge in [-0.2, -0.15) is 0 Å². The summed E-state index contributed by atoms with van der Waals surface area (Å²) in [7, 11) is 0. The second kappa shape index (κ2) is 7.23. The minimum atomic E-state index is -0.604. The van der Waals surface area contributed by atoms with Gasteiger partial charge in [0.15, 0.2) is 0 Å². The maximum atomic E-state index is 13.2. The molecule has 2 amide bonds. The predicted octanol–water partition coefficient (Wildman–Crippen LogP) is 1.77. The van der Waals surface area contributed by atoms with Crippen LogP contribution in [0.25, 0.3) is 0 Å². The van der Waals surface area contributed by atoms with Crippen molar-refractivity contribution in [3.8, 4) is 0 Å². The summed E-state index contributed by atoms with van der Waals surface area (Å²) in [6.07, 6.45) is 0. The largest absolute Gasteiger partial charge is 0.396 e. The van der Waals surface area contributed by atoms with Crippen molar-refractivity contribution >= 4 is 33.4 Å². The molecule has 0 unspecified atom stereocenters. The Morgan fingerprint density at radius 3 is 2.50 bits per heavy atom. The molecule has 0 bridgehead atoms. The van der Waals surface area contributed by atoms with Gasteiger partial charge >= 0.3 is 0 Å². The quantitative estimate of drug-likeness (QED) is 0.798. The number of anilines is 1. The zero-order valence-corrected chi connectivity index (χ0v) is 13.0. The van der Waals surface area contributed by atoms with Gasteiger partial charge in [-0.05, 0) is 41.9 Å². The van der Waals surface area contributed by atoms with Crippen LogP contribution in [0.15, 0.2) is 16.6 Å². The van der Waals surface area contributed by atoms with E-state index in [1.165, 1.54) is 6.07 Å². The van der Waals surface area contributed by atoms with Crippen molar-refractivity contribution in [2.75, 3.05) is 25.4 Å². The lowest BCUT2D eigenvalue weighted by Crippen LogP contribution is -2.40. The third-order valence-corrected chi connectivity index (χ3v) is 3.50. The van der Waals surface area contributed by atoms with Crippen molar-refractivity contribution in [3.05, 3.63) is 28.0 Å². The Hall–Kier alpha value is -1.63. The number of likely N-dealkylation sites (N-methyl/N-ethyl adjacent to an activating group) is 1. The Labute approximate surface area is 125 Å². The van der Waals surface area contributed by atoms with Crippen LogP contribution in [-0.4, -0.2) is 36.3 Å². The van der Waals surface area contributed by atoms with E-state index in [1.54, 1.807) is 4.90 Å². The highest BCUT2D eigenvalue weighted by Crippen LogP contribution is 2.22. The number of amides is 2. The van der Waals surface area contributed by atoms with E-state index in [2.05, 4.69) is 21.2 Å². The van der Waals surface area contributed by atoms with Gasteiger partial charge in [0.25, 0.3) is 5.91 Å². The van der Waals surface area contributed by atoms with E-state index >= 15 is 0 Å². The maximum Gasteiger partial charge on any atom is 0.252 e. The molecule has 110 valence electrons. The van der Waals surface area contributed by atoms with Crippen LogP contribution in [0.4, 0.5) is 10.1 Å². The molecule has 0 aliphatic carbocycles. The van der Waals surface area contributed by atoms with E-state index in [-0.39, 0.29) is 28.2 Å². The molecule has 3 N–H and O–H groups in total. The van der Waals surface area contributed by atoms with Crippen molar-refractivity contribution in [2.45, 2.75) is 13.8 Å². The van der Waals surface area contributed by atoms with Crippen LogP contribution in [0, 0.1) is 5.82 Å². The molecular weight excluding hydrogens is 329 g/mol. The van der Waals surface area contributed by atoms with E-state index in [0.717, 1.165) is 6.07 Å². The van der Waals surface area contributed by atoms with Crippen molar-refractivity contribution in [1.29, 1.82) is 0 Å². The van der Waals surface area contributed by atoms with Crippen molar-refractivity contribution in [1.82, 2.24) is 10.2 Å². The maximum absolute atomic E-state index is 13.2. The Morgan fingerprint density at radius 2 is 1.95 bits per heavy atom. The minimum absolute atomic E-state index is 0.107. The first-order chi connectivity index (χ1) is 9.40. The van der Waals surface area contributed by atoms with E-state index in [9.17, 15) is 14.0 Å². The standard InChI is InChI=1S/C13H17BrFN3O2/c1-3-18(4-2)12(19)7-17-13(20)8-5-11(16)10(15)6-9(8)14/h5-6H,3-4,7,16H2,1-2H3,(H,17,20). The number of carbonyl (C=O) groups is 2. The fraction of sp³-hybridized carbons (Fsp3) is 0.385. The number of nitrogens with zero attached hydrogens (tertiary/aromatic N) is 1. The lowest BCUT2D eigenvalue weighted by Gasteiger charge is -2.18. The van der Waals surface area contributed by atoms with Crippen LogP contribution in [0.3, 0.4) is 0 Å². The summed E-state index contributed by atoms with van der Waals surface area (Å²) in [6.45, 7) is 4.78. The topological polar surface area (TPSA) is 75.4 Å². The highest BCUT2D eigenvalue weighted by Gasteiger charge is 2.15. The molecule has 7 heteroatoms. The summed E-state index contributed by atoms with van der Waals surface area (Å²) in [5.41, 5.74) is 5.50. The third-order valence-electron chi connectivity index (χ3n) is 2.85. The number of carbonyl (C=O) groups excluding carboxylic acids is 2. The fourth-order valence-electron chi connectivity index (χ4n) is 1.68. The smallest absolute Gasteiger partial charge is 0.252 e. The van der Waals surface area contributed by atoms with E-state index in [0.29, 0.717) is 13.1 Å². The summed E-state index contributed by atoms with van der Waals surface area (Å²) >= 11 is 3.09. The van der Waals surface area contributed by atoms with Gasteiger partial charge in [0.2, 0.25) is 5.91 Å². The molecule has 0 fully saturated rings. The number of halogens is 2. The van der Waals surface area contributed by atoms with Crippen LogP contribution >= 0.6 is 15.9 Å². The van der Waals surface area contributed by atoms with Gasteiger partial charge in [-0.1, -0.05) is 0 Å². The molecule has 0 saturated heterocycles. The number of benzene rings is 1. The van der Waals surface area contributed by atoms with Crippen LogP contribution in [-0.2, 0) is 4.79 Å². The average Bonchev–Trinajstić information content (AvgIpc) is 2.41. The highest BCUT2D eigenvalue weighted by atomic mass is 79.9. The first kappa shape index (κ1) is 16.4. The molecule has 0 spiro atoms. The number of nitrogens with two attached hydrogens (primary N) is 1. The number of hydrogen-bond acceptors (Lipinski definition) is 3. The van der Waals surface area contributed by atoms with E-state index < -0.39 is 11.7 Å². The minimum Gasteiger partial charge on any atom is -0.396 e. The zero-order valence-electron chi connectivity index (χ0n) is 11.4. The normalized spacial score (nSPS) is 10.2. The van der Waals surface area contributed by atoms with Crippen molar-refractivity contribution in [3.63, 3.8) is 0 Å². The molecule has 0 aromatic heterocycles. The molecule has 0 atom stereocenters. The van der Waals surface area contributed by atoms with Crippen LogP contribution in [0.1, 0.15) is 24.2 Å². The van der Waals surface area contributed by atoms with E-state index in [1.807, 2.05) is 13.8 Å². The van der Waals surface area contributed by atoms with Gasteiger partial charge in [0.1, 0.15) is 5.82 Å². The Bertz CT molecular complexity index is 519. The van der Waals surface area contributed by atoms with Gasteiger partial charge in [-0.3, -0.25) is 9.59 Å². The van der Waals surface area contributed by atoms with Crippen molar-refractivity contribution in [2.24, 2.45) is 0 Å². The van der Waals surface area contributed by atoms with E-state index in [4.69, 9.17) is 5.73 Å². The molecule has 5 nitrogen and oxygen atoms in total. The van der Waals surface area contributed by atoms with Gasteiger partial charge in [-0.15, -0.1) is 0 Å². The predicted molar refractivity (Wildman–Crippen MR) is 78.8 cm³/mol. The summed E-state index contributed by atoms with van der Waals surface area (Å²) in [6, 6.07) is 2.35. The lowest BCUT2D eigenvalue weighted by atomic mass is 10.2. The Balaban J connectivity index is 2.73. The lowest BCUT2D eigenvalue weighted by molar-refractivity contribution is -0.129. The second-order valence-electron chi connectivity index (χ2n) is 4.10. The summed E-state index contributed by atoms with van der Waals surface area (Å²) in [5, 5.41) is 2.50. The number of nitrogens with one attached hydrogen (secondary N) is 1. The number of rotatable bonds is 5. The highest BCUT2D eigenvalue weighted by molar-refractivity contribution is 9.10. The third kappa shape index (κ3) is 3.93. The first-order valence-corrected chi connectivity index (χ1v) is 7.00. The van der Waals surface area contributed by atoms with Crippen LogP contribution < -0.4 is 11.1 Å². The molecule has 1 rings (SSSR count). The van der Waals surface area contributed by atoms with Crippen molar-refractivity contribution < 1.29 is 14.0 Å². The molecule has 0 aliphatic heterocycles. The number of hydrogen-bond donors (Lipinski definition) is 2. The van der Waals surface area contributed by atoms with Gasteiger partial charge in [0, 0.05) is 17.6 Å². The Morgan fingerprint density at radius 1 is 1.35 bits per heavy atom. The SMILES string of the molecule is CCN(CC)C(=O)CNC(=O)c1cc(N)c(F)cc1Br. The van der Waals surface area contributed by atoms with Gasteiger partial charge in [0.05, 0.1) is 17.8 Å². The fourth-order valence-corrected chi connectivity index (χ4v) is 2.17. The monoisotopic (exact) mass is 345 g/mol. The first-order valence-electron chi connectivity index (χ1n) is 6.21. The molecule has 0 saturated carbocycles. The molecule has 1 aromatic rings. The van der Waals surface area contributed by atoms with Crippen LogP contribution in [0.5, 0.6) is 0 Å². The zero-order chi connectivity index (χ0) is 15.3. The summed E-state index contributed by atoms with van der Waals surface area (Å²) in [4.78, 5) is 25.3. The average molecular weight is 346 g/mol. The summed E-state index contributed by atoms with van der Waals surface area (Å²) < 4.78 is 13.5. The van der Waals surface area contributed by atoms with Gasteiger partial charge < -0.3 is 16.0 Å². The van der Waals surface area contributed by atoms with Gasteiger partial charge in [-0.25, -0.2) is 4.39 Å². The van der Waals surface area contributed by atoms with Crippen LogP contribution in [0.2, 0.25) is 0 Å². The second-order valence-corrected chi connectivity index (χ2v) is 4.96. The summed E-state index contributed by atoms with van der Waals surface area (Å²) in [5.74, 6) is -1.26. The number of nitrogen functional groups attached to an aromatic ring is 1. The molecule has 0 aliphatic rings. The Kier molecular flexibility index (Phi) is 5.94.